The second-order valence-corrected chi connectivity index (χ2v) is 6.87. The topological polar surface area (TPSA) is 24.5 Å². The summed E-state index contributed by atoms with van der Waals surface area (Å²) >= 11 is 0. The molecule has 0 aliphatic carbocycles. The van der Waals surface area contributed by atoms with Crippen molar-refractivity contribution in [3.63, 3.8) is 0 Å². The SMILES string of the molecule is COCC1CCN(CC(C)(C)CNC(C)C)CC1. The number of hydrogen-bond acceptors (Lipinski definition) is 3. The van der Waals surface area contributed by atoms with Gasteiger partial charge in [-0.05, 0) is 37.3 Å². The van der Waals surface area contributed by atoms with Gasteiger partial charge in [-0.1, -0.05) is 27.7 Å². The van der Waals surface area contributed by atoms with E-state index in [1.54, 1.807) is 0 Å². The van der Waals surface area contributed by atoms with Crippen LogP contribution in [0.4, 0.5) is 0 Å². The molecule has 0 atom stereocenters. The van der Waals surface area contributed by atoms with Gasteiger partial charge in [0.1, 0.15) is 0 Å². The minimum Gasteiger partial charge on any atom is -0.384 e. The number of likely N-dealkylation sites (tertiary alicyclic amines) is 1. The van der Waals surface area contributed by atoms with Gasteiger partial charge in [0, 0.05) is 32.8 Å². The minimum absolute atomic E-state index is 0.359. The maximum atomic E-state index is 5.25. The highest BCUT2D eigenvalue weighted by Crippen LogP contribution is 2.22. The minimum atomic E-state index is 0.359. The van der Waals surface area contributed by atoms with Gasteiger partial charge in [0.05, 0.1) is 0 Å². The maximum absolute atomic E-state index is 5.25. The lowest BCUT2D eigenvalue weighted by molar-refractivity contribution is 0.0805. The van der Waals surface area contributed by atoms with Crippen molar-refractivity contribution in [3.05, 3.63) is 0 Å². The van der Waals surface area contributed by atoms with E-state index in [0.29, 0.717) is 11.5 Å². The molecular weight excluding hydrogens is 224 g/mol. The van der Waals surface area contributed by atoms with Gasteiger partial charge < -0.3 is 15.0 Å². The van der Waals surface area contributed by atoms with E-state index in [2.05, 4.69) is 37.9 Å². The summed E-state index contributed by atoms with van der Waals surface area (Å²) in [6.07, 6.45) is 2.59. The van der Waals surface area contributed by atoms with Crippen LogP contribution in [0.5, 0.6) is 0 Å². The van der Waals surface area contributed by atoms with Crippen LogP contribution in [0, 0.1) is 11.3 Å². The van der Waals surface area contributed by atoms with Gasteiger partial charge in [-0.15, -0.1) is 0 Å². The second kappa shape index (κ2) is 7.46. The highest BCUT2D eigenvalue weighted by molar-refractivity contribution is 4.80. The van der Waals surface area contributed by atoms with E-state index in [-0.39, 0.29) is 0 Å². The smallest absolute Gasteiger partial charge is 0.0491 e. The van der Waals surface area contributed by atoms with Crippen molar-refractivity contribution in [1.29, 1.82) is 0 Å². The van der Waals surface area contributed by atoms with Gasteiger partial charge in [0.25, 0.3) is 0 Å². The van der Waals surface area contributed by atoms with Gasteiger partial charge in [-0.25, -0.2) is 0 Å². The van der Waals surface area contributed by atoms with Crippen LogP contribution >= 0.6 is 0 Å². The molecule has 1 aliphatic rings. The van der Waals surface area contributed by atoms with E-state index in [1.807, 2.05) is 7.11 Å². The zero-order valence-corrected chi connectivity index (χ0v) is 13.0. The van der Waals surface area contributed by atoms with E-state index in [4.69, 9.17) is 4.74 Å². The monoisotopic (exact) mass is 256 g/mol. The predicted molar refractivity (Wildman–Crippen MR) is 78.0 cm³/mol. The van der Waals surface area contributed by atoms with Crippen LogP contribution < -0.4 is 5.32 Å². The third-order valence-electron chi connectivity index (χ3n) is 3.75. The average molecular weight is 256 g/mol. The molecule has 0 aromatic heterocycles. The molecule has 0 unspecified atom stereocenters. The Balaban J connectivity index is 2.26. The molecule has 1 heterocycles. The van der Waals surface area contributed by atoms with Crippen LogP contribution in [0.25, 0.3) is 0 Å². The first kappa shape index (κ1) is 15.9. The number of ether oxygens (including phenoxy) is 1. The van der Waals surface area contributed by atoms with E-state index >= 15 is 0 Å². The highest BCUT2D eigenvalue weighted by atomic mass is 16.5. The molecular formula is C15H32N2O. The average Bonchev–Trinajstić information content (AvgIpc) is 2.29. The molecule has 0 radical (unpaired) electrons. The van der Waals surface area contributed by atoms with Crippen molar-refractivity contribution in [2.75, 3.05) is 39.9 Å². The van der Waals surface area contributed by atoms with E-state index in [9.17, 15) is 0 Å². The van der Waals surface area contributed by atoms with Gasteiger partial charge in [0.2, 0.25) is 0 Å². The molecule has 0 aromatic carbocycles. The van der Waals surface area contributed by atoms with E-state index in [0.717, 1.165) is 19.1 Å². The Labute approximate surface area is 113 Å². The number of rotatable bonds is 7. The lowest BCUT2D eigenvalue weighted by Gasteiger charge is -2.37. The largest absolute Gasteiger partial charge is 0.384 e. The normalized spacial score (nSPS) is 19.7. The molecule has 18 heavy (non-hydrogen) atoms. The Morgan fingerprint density at radius 2 is 1.89 bits per heavy atom. The molecule has 1 saturated heterocycles. The lowest BCUT2D eigenvalue weighted by atomic mass is 9.90. The molecule has 108 valence electrons. The number of hydrogen-bond donors (Lipinski definition) is 1. The third kappa shape index (κ3) is 6.17. The fraction of sp³-hybridized carbons (Fsp3) is 1.00. The molecule has 1 N–H and O–H groups in total. The molecule has 3 nitrogen and oxygen atoms in total. The summed E-state index contributed by atoms with van der Waals surface area (Å²) in [4.78, 5) is 2.62. The van der Waals surface area contributed by atoms with Gasteiger partial charge in [-0.3, -0.25) is 0 Å². The molecule has 1 fully saturated rings. The highest BCUT2D eigenvalue weighted by Gasteiger charge is 2.25. The molecule has 0 amide bonds. The van der Waals surface area contributed by atoms with Gasteiger partial charge in [0.15, 0.2) is 0 Å². The zero-order valence-electron chi connectivity index (χ0n) is 13.0. The van der Waals surface area contributed by atoms with Crippen LogP contribution in [-0.4, -0.2) is 50.8 Å². The molecule has 0 bridgehead atoms. The second-order valence-electron chi connectivity index (χ2n) is 6.87. The van der Waals surface area contributed by atoms with Crippen LogP contribution in [0.15, 0.2) is 0 Å². The number of nitrogens with zero attached hydrogens (tertiary/aromatic N) is 1. The maximum Gasteiger partial charge on any atom is 0.0491 e. The van der Waals surface area contributed by atoms with Crippen LogP contribution in [0.1, 0.15) is 40.5 Å². The first-order chi connectivity index (χ1) is 8.43. The summed E-state index contributed by atoms with van der Waals surface area (Å²) in [7, 11) is 1.81. The quantitative estimate of drug-likeness (QED) is 0.757. The summed E-state index contributed by atoms with van der Waals surface area (Å²) in [5.74, 6) is 0.781. The zero-order chi connectivity index (χ0) is 13.6. The van der Waals surface area contributed by atoms with Crippen molar-refractivity contribution in [3.8, 4) is 0 Å². The number of methoxy groups -OCH3 is 1. The van der Waals surface area contributed by atoms with Crippen LogP contribution in [0.3, 0.4) is 0 Å². The summed E-state index contributed by atoms with van der Waals surface area (Å²) < 4.78 is 5.25. The molecule has 0 saturated carbocycles. The first-order valence-electron chi connectivity index (χ1n) is 7.37. The number of piperidine rings is 1. The van der Waals surface area contributed by atoms with Crippen LogP contribution in [-0.2, 0) is 4.74 Å². The fourth-order valence-electron chi connectivity index (χ4n) is 2.69. The predicted octanol–water partition coefficient (Wildman–Crippen LogP) is 2.37. The standard InChI is InChI=1S/C15H32N2O/c1-13(2)16-11-15(3,4)12-17-8-6-14(7-9-17)10-18-5/h13-14,16H,6-12H2,1-5H3. The van der Waals surface area contributed by atoms with E-state index < -0.39 is 0 Å². The number of nitrogens with one attached hydrogen (secondary N) is 1. The molecule has 0 aromatic rings. The third-order valence-corrected chi connectivity index (χ3v) is 3.75. The van der Waals surface area contributed by atoms with Crippen molar-refractivity contribution in [1.82, 2.24) is 10.2 Å². The molecule has 3 heteroatoms. The summed E-state index contributed by atoms with van der Waals surface area (Å²) in [5.41, 5.74) is 0.359. The summed E-state index contributed by atoms with van der Waals surface area (Å²) in [5, 5.41) is 3.56. The van der Waals surface area contributed by atoms with Gasteiger partial charge in [-0.2, -0.15) is 0 Å². The summed E-state index contributed by atoms with van der Waals surface area (Å²) in [6, 6.07) is 0.580. The molecule has 1 aliphatic heterocycles. The van der Waals surface area contributed by atoms with Crippen molar-refractivity contribution < 1.29 is 4.74 Å². The Morgan fingerprint density at radius 3 is 2.39 bits per heavy atom. The van der Waals surface area contributed by atoms with Crippen molar-refractivity contribution >= 4 is 0 Å². The van der Waals surface area contributed by atoms with Crippen molar-refractivity contribution in [2.45, 2.75) is 46.6 Å². The Morgan fingerprint density at radius 1 is 1.28 bits per heavy atom. The van der Waals surface area contributed by atoms with Crippen molar-refractivity contribution in [2.24, 2.45) is 11.3 Å². The Kier molecular flexibility index (Phi) is 6.61. The van der Waals surface area contributed by atoms with Gasteiger partial charge >= 0.3 is 0 Å². The lowest BCUT2D eigenvalue weighted by Crippen LogP contribution is -2.45. The first-order valence-corrected chi connectivity index (χ1v) is 7.37. The Hall–Kier alpha value is -0.120. The van der Waals surface area contributed by atoms with E-state index in [1.165, 1.54) is 32.5 Å². The molecule has 0 spiro atoms. The Bertz CT molecular complexity index is 221. The summed E-state index contributed by atoms with van der Waals surface area (Å²) in [6.45, 7) is 14.9. The molecule has 1 rings (SSSR count). The van der Waals surface area contributed by atoms with Crippen LogP contribution in [0.2, 0.25) is 0 Å². The fourth-order valence-corrected chi connectivity index (χ4v) is 2.69.